The van der Waals surface area contributed by atoms with Crippen LogP contribution < -0.4 is 0 Å². The average Bonchev–Trinajstić information content (AvgIpc) is 2.80. The Hall–Kier alpha value is -2.35. The fourth-order valence-electron chi connectivity index (χ4n) is 2.98. The topological polar surface area (TPSA) is 46.6 Å². The molecule has 1 aromatic rings. The zero-order valence-electron chi connectivity index (χ0n) is 15.1. The number of amides is 1. The number of hydrogen-bond acceptors (Lipinski definition) is 3. The van der Waals surface area contributed by atoms with Crippen LogP contribution in [-0.2, 0) is 14.3 Å². The van der Waals surface area contributed by atoms with Gasteiger partial charge in [-0.1, -0.05) is 31.9 Å². The molecule has 0 N–H and O–H groups in total. The van der Waals surface area contributed by atoms with E-state index < -0.39 is 18.0 Å². The van der Waals surface area contributed by atoms with Crippen LogP contribution in [0.15, 0.2) is 24.3 Å². The number of benzene rings is 1. The van der Waals surface area contributed by atoms with Crippen molar-refractivity contribution in [3.63, 3.8) is 0 Å². The normalized spacial score (nSPS) is 21.0. The summed E-state index contributed by atoms with van der Waals surface area (Å²) in [5, 5.41) is 0. The third-order valence-electron chi connectivity index (χ3n) is 4.18. The lowest BCUT2D eigenvalue weighted by atomic mass is 9.86. The second-order valence-electron chi connectivity index (χ2n) is 6.85. The van der Waals surface area contributed by atoms with Gasteiger partial charge in [0.25, 0.3) is 0 Å². The van der Waals surface area contributed by atoms with Crippen molar-refractivity contribution in [2.45, 2.75) is 33.3 Å². The summed E-state index contributed by atoms with van der Waals surface area (Å²) < 4.78 is 18.7. The van der Waals surface area contributed by atoms with E-state index in [2.05, 4.69) is 25.7 Å². The summed E-state index contributed by atoms with van der Waals surface area (Å²) in [5.74, 6) is 4.98. The van der Waals surface area contributed by atoms with E-state index in [4.69, 9.17) is 4.74 Å². The molecule has 4 nitrogen and oxygen atoms in total. The third-order valence-corrected chi connectivity index (χ3v) is 4.18. The molecule has 1 heterocycles. The number of likely N-dealkylation sites (tertiary alicyclic amines) is 1. The highest BCUT2D eigenvalue weighted by Gasteiger charge is 2.45. The van der Waals surface area contributed by atoms with E-state index in [-0.39, 0.29) is 17.6 Å². The van der Waals surface area contributed by atoms with Crippen LogP contribution in [0.5, 0.6) is 0 Å². The zero-order valence-corrected chi connectivity index (χ0v) is 15.1. The first-order valence-corrected chi connectivity index (χ1v) is 8.45. The number of carbonyl (C=O) groups is 2. The maximum atomic E-state index is 13.2. The Balaban J connectivity index is 2.36. The van der Waals surface area contributed by atoms with Crippen molar-refractivity contribution in [3.8, 4) is 11.8 Å². The number of hydrogen-bond donors (Lipinski definition) is 0. The maximum absolute atomic E-state index is 13.2. The lowest BCUT2D eigenvalue weighted by Crippen LogP contribution is -2.29. The molecule has 1 aliphatic heterocycles. The van der Waals surface area contributed by atoms with Crippen LogP contribution in [-0.4, -0.2) is 30.4 Å². The predicted octanol–water partition coefficient (Wildman–Crippen LogP) is 3.18. The van der Waals surface area contributed by atoms with Crippen LogP contribution in [0.25, 0.3) is 0 Å². The number of rotatable bonds is 4. The number of nitrogens with zero attached hydrogens (tertiary/aromatic N) is 1. The second kappa shape index (κ2) is 8.15. The molecule has 0 spiro atoms. The number of esters is 1. The highest BCUT2D eigenvalue weighted by Crippen LogP contribution is 2.37. The molecule has 1 aliphatic rings. The highest BCUT2D eigenvalue weighted by molar-refractivity contribution is 5.83. The van der Waals surface area contributed by atoms with Gasteiger partial charge in [0.1, 0.15) is 11.9 Å². The summed E-state index contributed by atoms with van der Waals surface area (Å²) in [5.41, 5.74) is 0.598. The first-order valence-electron chi connectivity index (χ1n) is 8.45. The maximum Gasteiger partial charge on any atom is 0.303 e. The first kappa shape index (κ1) is 19.0. The summed E-state index contributed by atoms with van der Waals surface area (Å²) in [6.45, 7) is 5.96. The quantitative estimate of drug-likeness (QED) is 0.622. The van der Waals surface area contributed by atoms with Crippen molar-refractivity contribution in [1.82, 2.24) is 4.90 Å². The van der Waals surface area contributed by atoms with Gasteiger partial charge >= 0.3 is 5.97 Å². The van der Waals surface area contributed by atoms with Crippen LogP contribution in [0.4, 0.5) is 4.39 Å². The fraction of sp³-hybridized carbons (Fsp3) is 0.500. The summed E-state index contributed by atoms with van der Waals surface area (Å²) in [6, 6.07) is 5.70. The average molecular weight is 345 g/mol. The molecule has 1 amide bonds. The first-order chi connectivity index (χ1) is 11.8. The molecule has 0 aliphatic carbocycles. The lowest BCUT2D eigenvalue weighted by molar-refractivity contribution is -0.152. The molecule has 1 fully saturated rings. The van der Waals surface area contributed by atoms with Crippen molar-refractivity contribution in [1.29, 1.82) is 0 Å². The summed E-state index contributed by atoms with van der Waals surface area (Å²) in [4.78, 5) is 25.9. The Kier molecular flexibility index (Phi) is 6.19. The summed E-state index contributed by atoms with van der Waals surface area (Å²) >= 11 is 0. The summed E-state index contributed by atoms with van der Waals surface area (Å²) in [7, 11) is 1.72. The van der Waals surface area contributed by atoms with Gasteiger partial charge in [0.05, 0.1) is 11.8 Å². The minimum absolute atomic E-state index is 0.112. The zero-order chi connectivity index (χ0) is 18.6. The van der Waals surface area contributed by atoms with Gasteiger partial charge in [0.2, 0.25) is 5.91 Å². The van der Waals surface area contributed by atoms with E-state index in [0.29, 0.717) is 18.0 Å². The van der Waals surface area contributed by atoms with Gasteiger partial charge < -0.3 is 9.64 Å². The van der Waals surface area contributed by atoms with E-state index in [0.717, 1.165) is 6.42 Å². The fourth-order valence-corrected chi connectivity index (χ4v) is 2.98. The van der Waals surface area contributed by atoms with Gasteiger partial charge in [-0.05, 0) is 23.6 Å². The van der Waals surface area contributed by atoms with Gasteiger partial charge in [0.15, 0.2) is 0 Å². The van der Waals surface area contributed by atoms with E-state index in [1.807, 2.05) is 0 Å². The van der Waals surface area contributed by atoms with Crippen molar-refractivity contribution >= 4 is 11.9 Å². The third kappa shape index (κ3) is 4.82. The molecule has 134 valence electrons. The second-order valence-corrected chi connectivity index (χ2v) is 6.85. The Morgan fingerprint density at radius 1 is 1.36 bits per heavy atom. The van der Waals surface area contributed by atoms with Crippen LogP contribution in [0.1, 0.15) is 38.9 Å². The molecule has 2 rings (SSSR count). The molecule has 0 bridgehead atoms. The highest BCUT2D eigenvalue weighted by atomic mass is 19.1. The Morgan fingerprint density at radius 2 is 2.00 bits per heavy atom. The molecule has 1 saturated heterocycles. The summed E-state index contributed by atoms with van der Waals surface area (Å²) in [6.07, 6.45) is -0.0236. The van der Waals surface area contributed by atoms with Crippen molar-refractivity contribution in [2.75, 3.05) is 13.6 Å². The van der Waals surface area contributed by atoms with Gasteiger partial charge in [-0.25, -0.2) is 4.39 Å². The van der Waals surface area contributed by atoms with Crippen LogP contribution in [0, 0.1) is 35.4 Å². The van der Waals surface area contributed by atoms with Gasteiger partial charge in [0, 0.05) is 26.9 Å². The molecule has 0 radical (unpaired) electrons. The van der Waals surface area contributed by atoms with Crippen LogP contribution in [0.3, 0.4) is 0 Å². The molecule has 1 aromatic carbocycles. The van der Waals surface area contributed by atoms with Crippen molar-refractivity contribution in [3.05, 3.63) is 35.6 Å². The van der Waals surface area contributed by atoms with Crippen LogP contribution in [0.2, 0.25) is 0 Å². The predicted molar refractivity (Wildman–Crippen MR) is 92.8 cm³/mol. The number of carbonyl (C=O) groups excluding carboxylic acids is 2. The van der Waals surface area contributed by atoms with E-state index in [9.17, 15) is 14.0 Å². The molecule has 5 heteroatoms. The Labute approximate surface area is 148 Å². The monoisotopic (exact) mass is 345 g/mol. The van der Waals surface area contributed by atoms with Gasteiger partial charge in [-0.3, -0.25) is 9.59 Å². The van der Waals surface area contributed by atoms with Crippen molar-refractivity contribution in [2.24, 2.45) is 17.8 Å². The van der Waals surface area contributed by atoms with Gasteiger partial charge in [-0.2, -0.15) is 0 Å². The molecule has 3 unspecified atom stereocenters. The largest absolute Gasteiger partial charge is 0.457 e. The molecule has 25 heavy (non-hydrogen) atoms. The SMILES string of the molecule is CC(=O)OC(c1ccc(F)cc1)C1C(=O)N(C)CC1C#CCC(C)C. The molecule has 0 saturated carbocycles. The van der Waals surface area contributed by atoms with E-state index in [1.165, 1.54) is 19.1 Å². The minimum Gasteiger partial charge on any atom is -0.457 e. The molecular weight excluding hydrogens is 321 g/mol. The van der Waals surface area contributed by atoms with Gasteiger partial charge in [-0.15, -0.1) is 5.92 Å². The molecule has 0 aromatic heterocycles. The van der Waals surface area contributed by atoms with E-state index >= 15 is 0 Å². The number of halogens is 1. The van der Waals surface area contributed by atoms with Crippen molar-refractivity contribution < 1.29 is 18.7 Å². The number of ether oxygens (including phenoxy) is 1. The Morgan fingerprint density at radius 3 is 2.56 bits per heavy atom. The Bertz CT molecular complexity index is 687. The van der Waals surface area contributed by atoms with E-state index in [1.54, 1.807) is 24.1 Å². The molecule has 3 atom stereocenters. The molecular formula is C20H24FNO3. The minimum atomic E-state index is -0.770. The lowest BCUT2D eigenvalue weighted by Gasteiger charge is -2.24. The van der Waals surface area contributed by atoms with Crippen LogP contribution >= 0.6 is 0 Å². The smallest absolute Gasteiger partial charge is 0.303 e. The standard InChI is InChI=1S/C20H24FNO3/c1-13(2)6-5-7-16-12-22(4)20(24)18(16)19(25-14(3)23)15-8-10-17(21)11-9-15/h8-11,13,16,18-19H,6,12H2,1-4H3.